The molecule has 1 unspecified atom stereocenters. The van der Waals surface area contributed by atoms with E-state index in [9.17, 15) is 0 Å². The monoisotopic (exact) mass is 242 g/mol. The Hall–Kier alpha value is -1.98. The second kappa shape index (κ2) is 4.72. The molecule has 0 amide bonds. The number of hydrazine groups is 1. The molecule has 1 atom stereocenters. The van der Waals surface area contributed by atoms with Gasteiger partial charge in [-0.3, -0.25) is 5.84 Å². The lowest BCUT2D eigenvalue weighted by Gasteiger charge is -2.16. The molecule has 2 heterocycles. The lowest BCUT2D eigenvalue weighted by Crippen LogP contribution is -2.29. The van der Waals surface area contributed by atoms with E-state index in [0.717, 1.165) is 29.9 Å². The van der Waals surface area contributed by atoms with Crippen molar-refractivity contribution >= 4 is 0 Å². The molecule has 0 radical (unpaired) electrons. The van der Waals surface area contributed by atoms with E-state index in [4.69, 9.17) is 10.6 Å². The maximum atomic E-state index is 5.65. The van der Waals surface area contributed by atoms with Crippen molar-refractivity contribution < 1.29 is 4.74 Å². The Morgan fingerprint density at radius 1 is 1.22 bits per heavy atom. The van der Waals surface area contributed by atoms with Gasteiger partial charge in [0.25, 0.3) is 0 Å². The van der Waals surface area contributed by atoms with E-state index in [2.05, 4.69) is 21.7 Å². The molecular weight excluding hydrogens is 228 g/mol. The maximum Gasteiger partial charge on any atom is 0.122 e. The average molecular weight is 242 g/mol. The van der Waals surface area contributed by atoms with Crippen molar-refractivity contribution in [1.82, 2.24) is 15.6 Å². The van der Waals surface area contributed by atoms with Crippen LogP contribution in [0.3, 0.4) is 0 Å². The van der Waals surface area contributed by atoms with Crippen molar-refractivity contribution in [3.8, 4) is 5.75 Å². The zero-order valence-corrected chi connectivity index (χ0v) is 9.84. The summed E-state index contributed by atoms with van der Waals surface area (Å²) in [5, 5.41) is 7.66. The molecule has 0 saturated heterocycles. The van der Waals surface area contributed by atoms with Crippen LogP contribution in [0.4, 0.5) is 0 Å². The number of hydrogen-bond donors (Lipinski definition) is 2. The highest BCUT2D eigenvalue weighted by Gasteiger charge is 2.17. The van der Waals surface area contributed by atoms with Crippen LogP contribution in [0.2, 0.25) is 0 Å². The lowest BCUT2D eigenvalue weighted by atomic mass is 9.98. The molecule has 5 heteroatoms. The van der Waals surface area contributed by atoms with Gasteiger partial charge in [0.05, 0.1) is 18.8 Å². The van der Waals surface area contributed by atoms with Gasteiger partial charge < -0.3 is 4.74 Å². The lowest BCUT2D eigenvalue weighted by molar-refractivity contribution is 0.357. The third-order valence-electron chi connectivity index (χ3n) is 3.15. The van der Waals surface area contributed by atoms with Crippen LogP contribution in [-0.2, 0) is 6.42 Å². The van der Waals surface area contributed by atoms with Crippen LogP contribution in [0.5, 0.6) is 5.75 Å². The summed E-state index contributed by atoms with van der Waals surface area (Å²) in [6.45, 7) is 0.760. The largest absolute Gasteiger partial charge is 0.493 e. The second-order valence-electron chi connectivity index (χ2n) is 4.24. The molecular formula is C13H14N4O. The Balaban J connectivity index is 1.97. The number of fused-ring (bicyclic) bond motifs is 1. The van der Waals surface area contributed by atoms with Crippen LogP contribution in [0.25, 0.3) is 0 Å². The first-order valence-corrected chi connectivity index (χ1v) is 5.87. The Bertz CT molecular complexity index is 544. The van der Waals surface area contributed by atoms with E-state index in [0.29, 0.717) is 0 Å². The molecule has 3 N–H and O–H groups in total. The fourth-order valence-corrected chi connectivity index (χ4v) is 2.24. The van der Waals surface area contributed by atoms with Crippen LogP contribution in [0.1, 0.15) is 22.7 Å². The number of rotatable bonds is 3. The molecule has 1 aliphatic rings. The summed E-state index contributed by atoms with van der Waals surface area (Å²) >= 11 is 0. The van der Waals surface area contributed by atoms with Crippen molar-refractivity contribution in [2.45, 2.75) is 12.5 Å². The molecule has 0 saturated carbocycles. The third-order valence-corrected chi connectivity index (χ3v) is 3.15. The molecule has 0 aliphatic carbocycles. The summed E-state index contributed by atoms with van der Waals surface area (Å²) < 4.78 is 5.50. The summed E-state index contributed by atoms with van der Waals surface area (Å²) in [5.41, 5.74) is 6.15. The first-order chi connectivity index (χ1) is 8.88. The van der Waals surface area contributed by atoms with Crippen LogP contribution < -0.4 is 16.0 Å². The van der Waals surface area contributed by atoms with Gasteiger partial charge in [0.15, 0.2) is 0 Å². The van der Waals surface area contributed by atoms with E-state index in [1.165, 1.54) is 5.56 Å². The maximum absolute atomic E-state index is 5.65. The number of aromatic nitrogens is 2. The van der Waals surface area contributed by atoms with Crippen LogP contribution in [0, 0.1) is 0 Å². The Kier molecular flexibility index (Phi) is 2.92. The molecule has 18 heavy (non-hydrogen) atoms. The standard InChI is InChI=1S/C13H14N4O/c14-17-13(11-3-5-15-16-8-11)10-1-2-12-9(7-10)4-6-18-12/h1-3,5,7-8,13,17H,4,6,14H2. The third kappa shape index (κ3) is 1.94. The van der Waals surface area contributed by atoms with E-state index in [1.54, 1.807) is 12.4 Å². The van der Waals surface area contributed by atoms with Crippen LogP contribution in [-0.4, -0.2) is 16.8 Å². The fraction of sp³-hybridized carbons (Fsp3) is 0.231. The minimum absolute atomic E-state index is 0.0774. The van der Waals surface area contributed by atoms with E-state index >= 15 is 0 Å². The number of nitrogens with one attached hydrogen (secondary N) is 1. The van der Waals surface area contributed by atoms with Gasteiger partial charge in [-0.1, -0.05) is 12.1 Å². The van der Waals surface area contributed by atoms with Crippen molar-refractivity contribution in [1.29, 1.82) is 0 Å². The molecule has 1 aromatic carbocycles. The highest BCUT2D eigenvalue weighted by molar-refractivity contribution is 5.42. The van der Waals surface area contributed by atoms with Gasteiger partial charge in [0.1, 0.15) is 5.75 Å². The van der Waals surface area contributed by atoms with Gasteiger partial charge >= 0.3 is 0 Å². The van der Waals surface area contributed by atoms with Gasteiger partial charge in [-0.05, 0) is 28.8 Å². The summed E-state index contributed by atoms with van der Waals surface area (Å²) in [6, 6.07) is 7.98. The van der Waals surface area contributed by atoms with Crippen molar-refractivity contribution in [3.63, 3.8) is 0 Å². The molecule has 3 rings (SSSR count). The van der Waals surface area contributed by atoms with Crippen molar-refractivity contribution in [2.75, 3.05) is 6.61 Å². The highest BCUT2D eigenvalue weighted by Crippen LogP contribution is 2.29. The number of benzene rings is 1. The van der Waals surface area contributed by atoms with E-state index in [-0.39, 0.29) is 6.04 Å². The Labute approximate surface area is 105 Å². The zero-order valence-electron chi connectivity index (χ0n) is 9.84. The molecule has 0 fully saturated rings. The van der Waals surface area contributed by atoms with E-state index < -0.39 is 0 Å². The van der Waals surface area contributed by atoms with Crippen LogP contribution >= 0.6 is 0 Å². The smallest absolute Gasteiger partial charge is 0.122 e. The minimum atomic E-state index is -0.0774. The molecule has 1 aromatic heterocycles. The molecule has 5 nitrogen and oxygen atoms in total. The van der Waals surface area contributed by atoms with E-state index in [1.807, 2.05) is 18.2 Å². The number of hydrogen-bond acceptors (Lipinski definition) is 5. The van der Waals surface area contributed by atoms with Crippen molar-refractivity contribution in [3.05, 3.63) is 53.3 Å². The predicted octanol–water partition coefficient (Wildman–Crippen LogP) is 0.964. The SMILES string of the molecule is NNC(c1ccnnc1)c1ccc2c(c1)CCO2. The quantitative estimate of drug-likeness (QED) is 0.619. The van der Waals surface area contributed by atoms with Gasteiger partial charge in [-0.15, -0.1) is 0 Å². The molecule has 0 spiro atoms. The molecule has 2 aromatic rings. The second-order valence-corrected chi connectivity index (χ2v) is 4.24. The van der Waals surface area contributed by atoms with Gasteiger partial charge in [-0.25, -0.2) is 5.43 Å². The summed E-state index contributed by atoms with van der Waals surface area (Å²) in [6.07, 6.45) is 4.33. The normalized spacial score (nSPS) is 14.9. The summed E-state index contributed by atoms with van der Waals surface area (Å²) in [4.78, 5) is 0. The molecule has 92 valence electrons. The zero-order chi connectivity index (χ0) is 12.4. The van der Waals surface area contributed by atoms with Gasteiger partial charge in [-0.2, -0.15) is 10.2 Å². The number of ether oxygens (including phenoxy) is 1. The van der Waals surface area contributed by atoms with Gasteiger partial charge in [0, 0.05) is 12.6 Å². The number of nitrogens with two attached hydrogens (primary N) is 1. The molecule has 1 aliphatic heterocycles. The number of nitrogens with zero attached hydrogens (tertiary/aromatic N) is 2. The van der Waals surface area contributed by atoms with Crippen molar-refractivity contribution in [2.24, 2.45) is 5.84 Å². The Morgan fingerprint density at radius 3 is 2.94 bits per heavy atom. The van der Waals surface area contributed by atoms with Crippen LogP contribution in [0.15, 0.2) is 36.7 Å². The highest BCUT2D eigenvalue weighted by atomic mass is 16.5. The first-order valence-electron chi connectivity index (χ1n) is 5.87. The fourth-order valence-electron chi connectivity index (χ4n) is 2.24. The Morgan fingerprint density at radius 2 is 2.17 bits per heavy atom. The minimum Gasteiger partial charge on any atom is -0.493 e. The predicted molar refractivity (Wildman–Crippen MR) is 66.8 cm³/mol. The topological polar surface area (TPSA) is 73.1 Å². The van der Waals surface area contributed by atoms with Gasteiger partial charge in [0.2, 0.25) is 0 Å². The first kappa shape index (κ1) is 11.1. The average Bonchev–Trinajstić information content (AvgIpc) is 2.88. The summed E-state index contributed by atoms with van der Waals surface area (Å²) in [7, 11) is 0. The molecule has 0 bridgehead atoms. The summed E-state index contributed by atoms with van der Waals surface area (Å²) in [5.74, 6) is 6.63.